The van der Waals surface area contributed by atoms with E-state index in [-0.39, 0.29) is 17.8 Å². The first-order valence-corrected chi connectivity index (χ1v) is 12.7. The van der Waals surface area contributed by atoms with Crippen LogP contribution in [0.1, 0.15) is 23.6 Å². The lowest BCUT2D eigenvalue weighted by atomic mass is 10.0. The molecular formula is C29H31N7O2. The van der Waals surface area contributed by atoms with Gasteiger partial charge >= 0.3 is 0 Å². The normalized spacial score (nSPS) is 15.4. The summed E-state index contributed by atoms with van der Waals surface area (Å²) in [5.41, 5.74) is 7.12. The first kappa shape index (κ1) is 25.3. The van der Waals surface area contributed by atoms with Crippen molar-refractivity contribution in [2.45, 2.75) is 33.7 Å². The van der Waals surface area contributed by atoms with Crippen LogP contribution in [-0.4, -0.2) is 52.4 Å². The Balaban J connectivity index is 1.59. The molecule has 38 heavy (non-hydrogen) atoms. The Bertz CT molecular complexity index is 1540. The molecule has 0 spiro atoms. The number of amides is 2. The highest BCUT2D eigenvalue weighted by molar-refractivity contribution is 5.99. The van der Waals surface area contributed by atoms with Crippen LogP contribution in [0.5, 0.6) is 0 Å². The Morgan fingerprint density at radius 3 is 2.55 bits per heavy atom. The van der Waals surface area contributed by atoms with Crippen LogP contribution in [-0.2, 0) is 9.59 Å². The molecule has 1 fully saturated rings. The molecule has 4 aromatic rings. The Hall–Kier alpha value is -4.37. The first-order valence-electron chi connectivity index (χ1n) is 12.7. The molecule has 5 rings (SSSR count). The number of rotatable bonds is 5. The zero-order valence-electron chi connectivity index (χ0n) is 22.0. The van der Waals surface area contributed by atoms with Crippen molar-refractivity contribution in [2.75, 3.05) is 35.2 Å². The third kappa shape index (κ3) is 5.33. The lowest BCUT2D eigenvalue weighted by Gasteiger charge is -2.36. The van der Waals surface area contributed by atoms with Gasteiger partial charge in [0.2, 0.25) is 17.8 Å². The molecule has 194 valence electrons. The summed E-state index contributed by atoms with van der Waals surface area (Å²) in [4.78, 5) is 41.5. The van der Waals surface area contributed by atoms with E-state index in [4.69, 9.17) is 9.97 Å². The van der Waals surface area contributed by atoms with Crippen LogP contribution in [0.4, 0.5) is 17.5 Å². The van der Waals surface area contributed by atoms with Crippen molar-refractivity contribution in [2.24, 2.45) is 0 Å². The third-order valence-corrected chi connectivity index (χ3v) is 6.72. The number of carbonyl (C=O) groups is 2. The van der Waals surface area contributed by atoms with Gasteiger partial charge < -0.3 is 15.5 Å². The fraction of sp³-hybridized carbons (Fsp3) is 0.276. The van der Waals surface area contributed by atoms with Crippen molar-refractivity contribution in [3.8, 4) is 11.3 Å². The van der Waals surface area contributed by atoms with E-state index in [1.54, 1.807) is 0 Å². The highest BCUT2D eigenvalue weighted by atomic mass is 16.2. The first-order chi connectivity index (χ1) is 18.3. The van der Waals surface area contributed by atoms with Gasteiger partial charge in [-0.1, -0.05) is 24.3 Å². The van der Waals surface area contributed by atoms with Crippen molar-refractivity contribution in [3.63, 3.8) is 0 Å². The lowest BCUT2D eigenvalue weighted by Crippen LogP contribution is -2.57. The Morgan fingerprint density at radius 1 is 0.947 bits per heavy atom. The molecule has 0 saturated carbocycles. The number of nitrogens with one attached hydrogen (secondary N) is 3. The highest BCUT2D eigenvalue weighted by Gasteiger charge is 2.32. The monoisotopic (exact) mass is 509 g/mol. The summed E-state index contributed by atoms with van der Waals surface area (Å²) in [6, 6.07) is 17.2. The smallest absolute Gasteiger partial charge is 0.248 e. The molecule has 3 heterocycles. The summed E-state index contributed by atoms with van der Waals surface area (Å²) in [5.74, 6) is 0.262. The Kier molecular flexibility index (Phi) is 7.02. The fourth-order valence-electron chi connectivity index (χ4n) is 4.61. The molecule has 0 aliphatic carbocycles. The number of piperazine rings is 1. The number of nitrogens with zero attached hydrogens (tertiary/aromatic N) is 4. The molecule has 9 nitrogen and oxygen atoms in total. The van der Waals surface area contributed by atoms with Crippen molar-refractivity contribution >= 4 is 40.3 Å². The number of aryl methyl sites for hydroxylation is 3. The molecule has 9 heteroatoms. The minimum atomic E-state index is -0.542. The average molecular weight is 510 g/mol. The van der Waals surface area contributed by atoms with Crippen LogP contribution in [0, 0.1) is 20.8 Å². The zero-order chi connectivity index (χ0) is 26.8. The molecule has 1 aliphatic rings. The summed E-state index contributed by atoms with van der Waals surface area (Å²) >= 11 is 0. The largest absolute Gasteiger partial charge is 0.340 e. The summed E-state index contributed by atoms with van der Waals surface area (Å²) < 4.78 is 0. The maximum Gasteiger partial charge on any atom is 0.248 e. The zero-order valence-corrected chi connectivity index (χ0v) is 22.0. The van der Waals surface area contributed by atoms with Gasteiger partial charge in [0.1, 0.15) is 11.6 Å². The number of hydrogen-bond acceptors (Lipinski definition) is 7. The van der Waals surface area contributed by atoms with Gasteiger partial charge in [0, 0.05) is 37.8 Å². The van der Waals surface area contributed by atoms with Crippen LogP contribution in [0.15, 0.2) is 54.6 Å². The van der Waals surface area contributed by atoms with Gasteiger partial charge in [0.15, 0.2) is 5.82 Å². The molecule has 1 saturated heterocycles. The summed E-state index contributed by atoms with van der Waals surface area (Å²) in [6.45, 7) is 9.20. The van der Waals surface area contributed by atoms with E-state index in [1.807, 2.05) is 54.3 Å². The van der Waals surface area contributed by atoms with Gasteiger partial charge in [-0.15, -0.1) is 0 Å². The predicted molar refractivity (Wildman–Crippen MR) is 150 cm³/mol. The molecule has 3 N–H and O–H groups in total. The van der Waals surface area contributed by atoms with Crippen molar-refractivity contribution in [1.82, 2.24) is 20.3 Å². The number of fused-ring (bicyclic) bond motifs is 1. The minimum absolute atomic E-state index is 0.152. The molecule has 0 bridgehead atoms. The molecule has 2 aromatic heterocycles. The van der Waals surface area contributed by atoms with Crippen LogP contribution in [0.2, 0.25) is 0 Å². The quantitative estimate of drug-likeness (QED) is 0.373. The summed E-state index contributed by atoms with van der Waals surface area (Å²) in [7, 11) is 0. The summed E-state index contributed by atoms with van der Waals surface area (Å²) in [5, 5.41) is 9.06. The second kappa shape index (κ2) is 10.5. The maximum atomic E-state index is 13.5. The number of aromatic nitrogens is 3. The van der Waals surface area contributed by atoms with E-state index in [0.29, 0.717) is 36.5 Å². The van der Waals surface area contributed by atoms with Gasteiger partial charge in [-0.2, -0.15) is 4.98 Å². The van der Waals surface area contributed by atoms with Crippen LogP contribution in [0.3, 0.4) is 0 Å². The van der Waals surface area contributed by atoms with Gasteiger partial charge in [-0.05, 0) is 67.8 Å². The predicted octanol–water partition coefficient (Wildman–Crippen LogP) is 3.99. The highest BCUT2D eigenvalue weighted by Crippen LogP contribution is 2.30. The molecule has 2 amide bonds. The number of carbonyl (C=O) groups excluding carboxylic acids is 2. The molecule has 1 atom stereocenters. The third-order valence-electron chi connectivity index (χ3n) is 6.72. The lowest BCUT2D eigenvalue weighted by molar-refractivity contribution is -0.117. The Labute approximate surface area is 221 Å². The number of benzene rings is 2. The Morgan fingerprint density at radius 2 is 1.79 bits per heavy atom. The van der Waals surface area contributed by atoms with E-state index in [9.17, 15) is 9.59 Å². The topological polar surface area (TPSA) is 112 Å². The van der Waals surface area contributed by atoms with E-state index >= 15 is 0 Å². The van der Waals surface area contributed by atoms with E-state index < -0.39 is 6.04 Å². The second-order valence-corrected chi connectivity index (χ2v) is 9.69. The average Bonchev–Trinajstić information content (AvgIpc) is 2.89. The van der Waals surface area contributed by atoms with Gasteiger partial charge in [-0.25, -0.2) is 9.97 Å². The summed E-state index contributed by atoms with van der Waals surface area (Å²) in [6.07, 6.45) is 0. The van der Waals surface area contributed by atoms with Crippen molar-refractivity contribution < 1.29 is 9.59 Å². The van der Waals surface area contributed by atoms with Crippen molar-refractivity contribution in [3.05, 3.63) is 71.3 Å². The van der Waals surface area contributed by atoms with E-state index in [0.717, 1.165) is 22.5 Å². The van der Waals surface area contributed by atoms with Crippen molar-refractivity contribution in [1.29, 1.82) is 0 Å². The van der Waals surface area contributed by atoms with Gasteiger partial charge in [0.25, 0.3) is 0 Å². The van der Waals surface area contributed by atoms with Crippen LogP contribution in [0.25, 0.3) is 22.3 Å². The molecule has 2 aromatic carbocycles. The molecule has 1 aliphatic heterocycles. The minimum Gasteiger partial charge on any atom is -0.340 e. The molecule has 1 unspecified atom stereocenters. The number of pyridine rings is 1. The fourth-order valence-corrected chi connectivity index (χ4v) is 4.61. The van der Waals surface area contributed by atoms with Gasteiger partial charge in [0.05, 0.1) is 11.2 Å². The number of hydrogen-bond donors (Lipinski definition) is 3. The van der Waals surface area contributed by atoms with Crippen LogP contribution < -0.4 is 20.9 Å². The molecular weight excluding hydrogens is 478 g/mol. The SMILES string of the molecule is CC(=O)Nc1nc(N2CCNCC2C(=O)Nc2cccc(C)c2)c2nc(-c3ccc(C)c(C)c3)ccc2n1. The van der Waals surface area contributed by atoms with E-state index in [1.165, 1.54) is 18.1 Å². The number of anilines is 3. The van der Waals surface area contributed by atoms with Crippen LogP contribution >= 0.6 is 0 Å². The second-order valence-electron chi connectivity index (χ2n) is 9.69. The standard InChI is InChI=1S/C29H31N7O2/c1-17-6-5-7-22(14-17)32-28(38)25-16-30-12-13-36(25)27-26-24(34-29(35-27)31-20(4)37)11-10-23(33-26)21-9-8-18(2)19(3)15-21/h5-11,14-15,25,30H,12-13,16H2,1-4H3,(H,32,38)(H,31,34,35,37). The van der Waals surface area contributed by atoms with Gasteiger partial charge in [-0.3, -0.25) is 14.9 Å². The van der Waals surface area contributed by atoms with E-state index in [2.05, 4.69) is 46.9 Å². The molecule has 0 radical (unpaired) electrons. The maximum absolute atomic E-state index is 13.5.